The van der Waals surface area contributed by atoms with Crippen LogP contribution >= 0.6 is 0 Å². The first kappa shape index (κ1) is 13.9. The summed E-state index contributed by atoms with van der Waals surface area (Å²) in [7, 11) is 3.33. The van der Waals surface area contributed by atoms with Crippen LogP contribution in [0.1, 0.15) is 13.3 Å². The molecule has 1 atom stereocenters. The van der Waals surface area contributed by atoms with E-state index in [0.717, 1.165) is 0 Å². The maximum Gasteiger partial charge on any atom is 0.245 e. The number of carbonyl (C=O) groups excluding carboxylic acids is 2. The fourth-order valence-corrected chi connectivity index (χ4v) is 1.70. The summed E-state index contributed by atoms with van der Waals surface area (Å²) in [6, 6.07) is 0. The second kappa shape index (κ2) is 5.46. The van der Waals surface area contributed by atoms with Crippen molar-refractivity contribution < 1.29 is 14.3 Å². The third-order valence-corrected chi connectivity index (χ3v) is 2.97. The zero-order chi connectivity index (χ0) is 13.1. The Labute approximate surface area is 102 Å². The van der Waals surface area contributed by atoms with Crippen LogP contribution in [0.25, 0.3) is 0 Å². The van der Waals surface area contributed by atoms with Crippen LogP contribution in [0.2, 0.25) is 0 Å². The zero-order valence-corrected chi connectivity index (χ0v) is 10.7. The minimum absolute atomic E-state index is 0.0707. The number of nitrogens with zero attached hydrogens (tertiary/aromatic N) is 2. The Balaban J connectivity index is 2.67. The number of hydrogen-bond donors (Lipinski definition) is 1. The van der Waals surface area contributed by atoms with Crippen LogP contribution in [-0.2, 0) is 14.3 Å². The van der Waals surface area contributed by atoms with E-state index in [1.807, 2.05) is 6.92 Å². The van der Waals surface area contributed by atoms with Crippen molar-refractivity contribution in [3.8, 4) is 0 Å². The van der Waals surface area contributed by atoms with Crippen LogP contribution in [0, 0.1) is 0 Å². The Hall–Kier alpha value is -1.14. The molecule has 98 valence electrons. The number of ether oxygens (including phenoxy) is 1. The Morgan fingerprint density at radius 1 is 1.41 bits per heavy atom. The molecule has 2 amide bonds. The molecule has 6 heteroatoms. The van der Waals surface area contributed by atoms with Gasteiger partial charge in [0.05, 0.1) is 13.2 Å². The van der Waals surface area contributed by atoms with Gasteiger partial charge < -0.3 is 20.3 Å². The lowest BCUT2D eigenvalue weighted by molar-refractivity contribution is -0.142. The molecule has 0 aliphatic carbocycles. The highest BCUT2D eigenvalue weighted by molar-refractivity contribution is 5.90. The summed E-state index contributed by atoms with van der Waals surface area (Å²) >= 11 is 0. The van der Waals surface area contributed by atoms with Gasteiger partial charge in [-0.15, -0.1) is 0 Å². The number of nitrogens with two attached hydrogens (primary N) is 1. The van der Waals surface area contributed by atoms with Crippen molar-refractivity contribution in [3.63, 3.8) is 0 Å². The Bertz CT molecular complexity index is 298. The van der Waals surface area contributed by atoms with Crippen molar-refractivity contribution in [1.82, 2.24) is 9.80 Å². The van der Waals surface area contributed by atoms with Gasteiger partial charge in [-0.2, -0.15) is 0 Å². The van der Waals surface area contributed by atoms with Gasteiger partial charge in [-0.05, 0) is 13.3 Å². The lowest BCUT2D eigenvalue weighted by Crippen LogP contribution is -2.57. The average Bonchev–Trinajstić information content (AvgIpc) is 2.72. The molecular weight excluding hydrogens is 222 g/mol. The van der Waals surface area contributed by atoms with E-state index in [1.165, 1.54) is 9.80 Å². The van der Waals surface area contributed by atoms with Crippen LogP contribution in [0.15, 0.2) is 0 Å². The van der Waals surface area contributed by atoms with Crippen LogP contribution in [0.3, 0.4) is 0 Å². The van der Waals surface area contributed by atoms with Crippen molar-refractivity contribution in [2.75, 3.05) is 40.4 Å². The number of carbonyl (C=O) groups is 2. The molecule has 0 spiro atoms. The van der Waals surface area contributed by atoms with Crippen LogP contribution in [0.5, 0.6) is 0 Å². The van der Waals surface area contributed by atoms with E-state index < -0.39 is 5.54 Å². The van der Waals surface area contributed by atoms with E-state index in [1.54, 1.807) is 14.1 Å². The summed E-state index contributed by atoms with van der Waals surface area (Å²) in [5.74, 6) is -0.310. The number of amides is 2. The van der Waals surface area contributed by atoms with Crippen molar-refractivity contribution in [2.45, 2.75) is 18.9 Å². The molecule has 1 unspecified atom stereocenters. The molecule has 1 rings (SSSR count). The van der Waals surface area contributed by atoms with Gasteiger partial charge in [-0.25, -0.2) is 0 Å². The molecule has 1 aliphatic heterocycles. The van der Waals surface area contributed by atoms with Crippen molar-refractivity contribution in [3.05, 3.63) is 0 Å². The van der Waals surface area contributed by atoms with E-state index in [4.69, 9.17) is 10.5 Å². The van der Waals surface area contributed by atoms with Gasteiger partial charge in [-0.3, -0.25) is 9.59 Å². The van der Waals surface area contributed by atoms with Crippen LogP contribution < -0.4 is 5.73 Å². The fraction of sp³-hybridized carbons (Fsp3) is 0.818. The van der Waals surface area contributed by atoms with Gasteiger partial charge in [0.15, 0.2) is 0 Å². The second-order valence-corrected chi connectivity index (χ2v) is 4.57. The summed E-state index contributed by atoms with van der Waals surface area (Å²) in [6.07, 6.45) is 0.512. The molecule has 0 bridgehead atoms. The molecule has 6 nitrogen and oxygen atoms in total. The van der Waals surface area contributed by atoms with Crippen molar-refractivity contribution in [1.29, 1.82) is 0 Å². The summed E-state index contributed by atoms with van der Waals surface area (Å²) in [4.78, 5) is 26.7. The summed E-state index contributed by atoms with van der Waals surface area (Å²) in [6.45, 7) is 3.11. The highest BCUT2D eigenvalue weighted by Gasteiger charge is 2.41. The van der Waals surface area contributed by atoms with E-state index in [0.29, 0.717) is 19.6 Å². The molecule has 0 radical (unpaired) electrons. The fourth-order valence-electron chi connectivity index (χ4n) is 1.70. The molecule has 1 aliphatic rings. The molecular formula is C11H21N3O3. The van der Waals surface area contributed by atoms with Crippen LogP contribution in [0.4, 0.5) is 0 Å². The van der Waals surface area contributed by atoms with Gasteiger partial charge in [0, 0.05) is 27.2 Å². The van der Waals surface area contributed by atoms with Gasteiger partial charge in [-0.1, -0.05) is 0 Å². The largest absolute Gasteiger partial charge is 0.379 e. The van der Waals surface area contributed by atoms with Gasteiger partial charge in [0.1, 0.15) is 5.54 Å². The molecule has 0 aromatic heterocycles. The predicted octanol–water partition coefficient (Wildman–Crippen LogP) is -0.959. The summed E-state index contributed by atoms with van der Waals surface area (Å²) < 4.78 is 5.16. The average molecular weight is 243 g/mol. The van der Waals surface area contributed by atoms with E-state index in [-0.39, 0.29) is 25.0 Å². The highest BCUT2D eigenvalue weighted by Crippen LogP contribution is 2.18. The molecule has 1 fully saturated rings. The third-order valence-electron chi connectivity index (χ3n) is 2.97. The van der Waals surface area contributed by atoms with E-state index >= 15 is 0 Å². The number of rotatable bonds is 4. The first-order chi connectivity index (χ1) is 7.90. The van der Waals surface area contributed by atoms with Crippen LogP contribution in [-0.4, -0.2) is 67.6 Å². The summed E-state index contributed by atoms with van der Waals surface area (Å²) in [5.41, 5.74) is 5.03. The molecule has 2 N–H and O–H groups in total. The van der Waals surface area contributed by atoms with Gasteiger partial charge in [0.25, 0.3) is 0 Å². The predicted molar refractivity (Wildman–Crippen MR) is 63.3 cm³/mol. The molecule has 1 heterocycles. The molecule has 17 heavy (non-hydrogen) atoms. The van der Waals surface area contributed by atoms with E-state index in [2.05, 4.69) is 0 Å². The van der Waals surface area contributed by atoms with Crippen molar-refractivity contribution in [2.24, 2.45) is 5.73 Å². The number of hydrogen-bond acceptors (Lipinski definition) is 4. The topological polar surface area (TPSA) is 75.9 Å². The monoisotopic (exact) mass is 243 g/mol. The molecule has 1 saturated heterocycles. The van der Waals surface area contributed by atoms with Gasteiger partial charge >= 0.3 is 0 Å². The molecule has 0 aromatic carbocycles. The Kier molecular flexibility index (Phi) is 4.47. The quantitative estimate of drug-likeness (QED) is 0.690. The minimum atomic E-state index is -0.956. The first-order valence-electron chi connectivity index (χ1n) is 5.77. The number of likely N-dealkylation sites (N-methyl/N-ethyl adjacent to an activating group) is 2. The third kappa shape index (κ3) is 3.17. The Morgan fingerprint density at radius 3 is 2.47 bits per heavy atom. The maximum atomic E-state index is 12.2. The van der Waals surface area contributed by atoms with E-state index in [9.17, 15) is 9.59 Å². The lowest BCUT2D eigenvalue weighted by Gasteiger charge is -2.30. The zero-order valence-electron chi connectivity index (χ0n) is 10.7. The highest BCUT2D eigenvalue weighted by atomic mass is 16.5. The lowest BCUT2D eigenvalue weighted by atomic mass is 9.98. The first-order valence-corrected chi connectivity index (χ1v) is 5.77. The second-order valence-electron chi connectivity index (χ2n) is 4.57. The smallest absolute Gasteiger partial charge is 0.245 e. The van der Waals surface area contributed by atoms with Gasteiger partial charge in [0.2, 0.25) is 11.8 Å². The van der Waals surface area contributed by atoms with Crippen molar-refractivity contribution >= 4 is 11.8 Å². The maximum absolute atomic E-state index is 12.2. The SMILES string of the molecule is CCN(CC(=O)N(C)C)C(=O)C1(N)CCOC1. The molecule has 0 saturated carbocycles. The Morgan fingerprint density at radius 2 is 2.06 bits per heavy atom. The normalized spacial score (nSPS) is 23.5. The standard InChI is InChI=1S/C11H21N3O3/c1-4-14(7-9(15)13(2)3)10(16)11(12)5-6-17-8-11/h4-8,12H2,1-3H3. The minimum Gasteiger partial charge on any atom is -0.379 e. The molecule has 0 aromatic rings. The summed E-state index contributed by atoms with van der Waals surface area (Å²) in [5, 5.41) is 0.